The molecule has 0 heterocycles. The molecule has 1 unspecified atom stereocenters. The van der Waals surface area contributed by atoms with Crippen LogP contribution in [0.15, 0.2) is 25.3 Å². The van der Waals surface area contributed by atoms with Gasteiger partial charge in [-0.3, -0.25) is 4.57 Å². The minimum Gasteiger partial charge on any atom is -0.442 e. The van der Waals surface area contributed by atoms with Crippen molar-refractivity contribution in [1.82, 2.24) is 0 Å². The number of carbonyl (C=O) groups excluding carboxylic acids is 1. The second-order valence-corrected chi connectivity index (χ2v) is 3.54. The molecule has 0 aromatic rings. The lowest BCUT2D eigenvalue weighted by Gasteiger charge is -2.13. The molecule has 0 aromatic heterocycles. The second-order valence-electron chi connectivity index (χ2n) is 1.86. The lowest BCUT2D eigenvalue weighted by molar-refractivity contribution is -0.138. The first-order valence-electron chi connectivity index (χ1n) is 2.92. The van der Waals surface area contributed by atoms with Crippen molar-refractivity contribution in [2.45, 2.75) is 5.85 Å². The van der Waals surface area contributed by atoms with Gasteiger partial charge in [-0.2, -0.15) is 0 Å². The molecule has 0 radical (unpaired) electrons. The highest BCUT2D eigenvalue weighted by Crippen LogP contribution is 2.42. The van der Waals surface area contributed by atoms with Crippen molar-refractivity contribution in [1.29, 1.82) is 0 Å². The fraction of sp³-hybridized carbons (Fsp3) is 0.167. The van der Waals surface area contributed by atoms with Crippen molar-refractivity contribution in [3.05, 3.63) is 25.3 Å². The van der Waals surface area contributed by atoms with Gasteiger partial charge in [0.2, 0.25) is 5.85 Å². The van der Waals surface area contributed by atoms with E-state index in [2.05, 4.69) is 17.9 Å². The summed E-state index contributed by atoms with van der Waals surface area (Å²) >= 11 is 0. The number of hydrogen-bond acceptors (Lipinski definition) is 3. The van der Waals surface area contributed by atoms with Gasteiger partial charge in [0.05, 0.1) is 0 Å². The van der Waals surface area contributed by atoms with Gasteiger partial charge in [0.25, 0.3) is 0 Å². The minimum absolute atomic E-state index is 0.812. The Morgan fingerprint density at radius 2 is 2.00 bits per heavy atom. The molecular formula is C6H9O5P. The molecule has 5 nitrogen and oxygen atoms in total. The van der Waals surface area contributed by atoms with Crippen LogP contribution < -0.4 is 0 Å². The van der Waals surface area contributed by atoms with Gasteiger partial charge in [-0.15, -0.1) is 0 Å². The Morgan fingerprint density at radius 3 is 2.25 bits per heavy atom. The number of esters is 1. The zero-order valence-electron chi connectivity index (χ0n) is 6.21. The lowest BCUT2D eigenvalue weighted by Crippen LogP contribution is -2.14. The molecule has 0 aliphatic carbocycles. The van der Waals surface area contributed by atoms with Crippen molar-refractivity contribution in [3.8, 4) is 0 Å². The van der Waals surface area contributed by atoms with Gasteiger partial charge in [0, 0.05) is 6.08 Å². The zero-order valence-corrected chi connectivity index (χ0v) is 7.11. The second kappa shape index (κ2) is 4.21. The van der Waals surface area contributed by atoms with E-state index in [1.54, 1.807) is 0 Å². The number of ether oxygens (including phenoxy) is 1. The molecule has 12 heavy (non-hydrogen) atoms. The predicted octanol–water partition coefficient (Wildman–Crippen LogP) is 0.405. The molecular weight excluding hydrogens is 183 g/mol. The molecule has 0 aliphatic heterocycles. The van der Waals surface area contributed by atoms with Crippen molar-refractivity contribution in [2.75, 3.05) is 0 Å². The molecule has 2 N–H and O–H groups in total. The summed E-state index contributed by atoms with van der Waals surface area (Å²) in [5.74, 6) is -2.49. The van der Waals surface area contributed by atoms with E-state index in [0.717, 1.165) is 12.2 Å². The quantitative estimate of drug-likeness (QED) is 0.291. The van der Waals surface area contributed by atoms with E-state index in [1.807, 2.05) is 0 Å². The molecule has 68 valence electrons. The molecule has 0 fully saturated rings. The highest BCUT2D eigenvalue weighted by molar-refractivity contribution is 7.52. The molecule has 1 atom stereocenters. The summed E-state index contributed by atoms with van der Waals surface area (Å²) in [6, 6.07) is 0. The number of hydrogen-bond donors (Lipinski definition) is 2. The van der Waals surface area contributed by atoms with E-state index in [-0.39, 0.29) is 0 Å². The maximum absolute atomic E-state index is 10.5. The Morgan fingerprint density at radius 1 is 1.50 bits per heavy atom. The first-order chi connectivity index (χ1) is 5.41. The molecule has 0 amide bonds. The smallest absolute Gasteiger partial charge is 0.369 e. The largest absolute Gasteiger partial charge is 0.442 e. The van der Waals surface area contributed by atoms with Gasteiger partial charge in [0.15, 0.2) is 0 Å². The molecule has 0 spiro atoms. The Kier molecular flexibility index (Phi) is 3.89. The van der Waals surface area contributed by atoms with Crippen molar-refractivity contribution in [3.63, 3.8) is 0 Å². The van der Waals surface area contributed by atoms with Crippen LogP contribution >= 0.6 is 7.60 Å². The van der Waals surface area contributed by atoms with Crippen molar-refractivity contribution in [2.24, 2.45) is 0 Å². The van der Waals surface area contributed by atoms with E-state index in [9.17, 15) is 9.36 Å². The molecule has 0 saturated heterocycles. The topological polar surface area (TPSA) is 83.8 Å². The van der Waals surface area contributed by atoms with Crippen LogP contribution in [-0.4, -0.2) is 21.6 Å². The van der Waals surface area contributed by atoms with Crippen LogP contribution in [0.2, 0.25) is 0 Å². The maximum atomic E-state index is 10.5. The molecule has 0 aliphatic rings. The summed E-state index contributed by atoms with van der Waals surface area (Å²) < 4.78 is 14.8. The van der Waals surface area contributed by atoms with E-state index < -0.39 is 19.4 Å². The fourth-order valence-electron chi connectivity index (χ4n) is 0.421. The number of carbonyl (C=O) groups is 1. The SMILES string of the molecule is C=CC(=O)OC(C=C)P(=O)(O)O. The van der Waals surface area contributed by atoms with E-state index in [1.165, 1.54) is 0 Å². The van der Waals surface area contributed by atoms with Crippen LogP contribution in [0.4, 0.5) is 0 Å². The molecule has 0 bridgehead atoms. The third-order valence-corrected chi connectivity index (χ3v) is 1.92. The van der Waals surface area contributed by atoms with Gasteiger partial charge in [-0.25, -0.2) is 4.79 Å². The van der Waals surface area contributed by atoms with Gasteiger partial charge < -0.3 is 14.5 Å². The third-order valence-electron chi connectivity index (χ3n) is 0.937. The van der Waals surface area contributed by atoms with E-state index >= 15 is 0 Å². The summed E-state index contributed by atoms with van der Waals surface area (Å²) in [5.41, 5.74) is 0. The molecule has 0 aromatic carbocycles. The zero-order chi connectivity index (χ0) is 9.78. The van der Waals surface area contributed by atoms with E-state index in [0.29, 0.717) is 0 Å². The molecule has 0 rings (SSSR count). The predicted molar refractivity (Wildman–Crippen MR) is 42.3 cm³/mol. The first-order valence-corrected chi connectivity index (χ1v) is 4.60. The third kappa shape index (κ3) is 3.48. The van der Waals surface area contributed by atoms with Gasteiger partial charge in [-0.1, -0.05) is 13.2 Å². The average molecular weight is 192 g/mol. The normalized spacial score (nSPS) is 13.2. The van der Waals surface area contributed by atoms with Gasteiger partial charge in [0.1, 0.15) is 0 Å². The van der Waals surface area contributed by atoms with Crippen LogP contribution in [0.25, 0.3) is 0 Å². The summed E-state index contributed by atoms with van der Waals surface area (Å²) in [4.78, 5) is 27.6. The summed E-state index contributed by atoms with van der Waals surface area (Å²) in [6.45, 7) is 6.18. The summed E-state index contributed by atoms with van der Waals surface area (Å²) in [7, 11) is -4.45. The Balaban J connectivity index is 4.39. The van der Waals surface area contributed by atoms with Crippen molar-refractivity contribution >= 4 is 13.6 Å². The average Bonchev–Trinajstić information content (AvgIpc) is 1.97. The monoisotopic (exact) mass is 192 g/mol. The van der Waals surface area contributed by atoms with E-state index in [4.69, 9.17) is 9.79 Å². The molecule has 6 heteroatoms. The number of rotatable bonds is 4. The molecule has 0 saturated carbocycles. The Bertz CT molecular complexity index is 240. The van der Waals surface area contributed by atoms with Gasteiger partial charge >= 0.3 is 13.6 Å². The Hall–Kier alpha value is -0.900. The Labute approximate surface area is 69.5 Å². The van der Waals surface area contributed by atoms with Gasteiger partial charge in [-0.05, 0) is 6.08 Å². The summed E-state index contributed by atoms with van der Waals surface area (Å²) in [6.07, 6.45) is 1.67. The summed E-state index contributed by atoms with van der Waals surface area (Å²) in [5, 5.41) is 0. The van der Waals surface area contributed by atoms with Crippen LogP contribution in [-0.2, 0) is 14.1 Å². The highest BCUT2D eigenvalue weighted by Gasteiger charge is 2.28. The van der Waals surface area contributed by atoms with Crippen molar-refractivity contribution < 1.29 is 23.9 Å². The minimum atomic E-state index is -4.45. The maximum Gasteiger partial charge on any atom is 0.369 e. The fourth-order valence-corrected chi connectivity index (χ4v) is 0.937. The van der Waals surface area contributed by atoms with Crippen LogP contribution in [0.5, 0.6) is 0 Å². The lowest BCUT2D eigenvalue weighted by atomic mass is 10.6. The highest BCUT2D eigenvalue weighted by atomic mass is 31.2. The van der Waals surface area contributed by atoms with Crippen LogP contribution in [0.1, 0.15) is 0 Å². The van der Waals surface area contributed by atoms with Crippen LogP contribution in [0, 0.1) is 0 Å². The van der Waals surface area contributed by atoms with Crippen LogP contribution in [0.3, 0.4) is 0 Å². The standard InChI is InChI=1S/C6H9O5P/c1-3-5(7)11-6(4-2)12(8,9)10/h3-4,6H,1-2H2,(H2,8,9,10). The first kappa shape index (κ1) is 11.1.